The van der Waals surface area contributed by atoms with Crippen LogP contribution in [0.2, 0.25) is 0 Å². The number of aliphatic hydroxyl groups excluding tert-OH is 1. The van der Waals surface area contributed by atoms with E-state index in [1.807, 2.05) is 13.0 Å². The first-order valence-electron chi connectivity index (χ1n) is 14.6. The molecule has 45 heavy (non-hydrogen) atoms. The van der Waals surface area contributed by atoms with Gasteiger partial charge < -0.3 is 20.6 Å². The van der Waals surface area contributed by atoms with Crippen LogP contribution >= 0.6 is 0 Å². The number of fused-ring (bicyclic) bond motifs is 3. The van der Waals surface area contributed by atoms with Crippen LogP contribution in [0, 0.1) is 6.92 Å². The Morgan fingerprint density at radius 3 is 2.29 bits per heavy atom. The Labute approximate surface area is 256 Å². The number of hydrazone groups is 1. The molecule has 9 nitrogen and oxygen atoms in total. The van der Waals surface area contributed by atoms with Crippen molar-refractivity contribution < 1.29 is 41.0 Å². The van der Waals surface area contributed by atoms with E-state index in [1.165, 1.54) is 4.90 Å². The number of hydrogen-bond donors (Lipinski definition) is 2. The highest BCUT2D eigenvalue weighted by Crippen LogP contribution is 2.45. The van der Waals surface area contributed by atoms with Crippen LogP contribution in [0.1, 0.15) is 78.1 Å². The zero-order chi connectivity index (χ0) is 33.1. The van der Waals surface area contributed by atoms with Gasteiger partial charge in [0.15, 0.2) is 0 Å². The van der Waals surface area contributed by atoms with E-state index >= 15 is 0 Å². The minimum absolute atomic E-state index is 0.0680. The second-order valence-corrected chi connectivity index (χ2v) is 11.3. The minimum atomic E-state index is -5.05. The van der Waals surface area contributed by atoms with Crippen molar-refractivity contribution in [3.05, 3.63) is 63.2 Å². The first-order valence-corrected chi connectivity index (χ1v) is 14.6. The summed E-state index contributed by atoms with van der Waals surface area (Å²) in [5.74, 6) is 5.45. The lowest BCUT2D eigenvalue weighted by Crippen LogP contribution is -2.36. The second kappa shape index (κ2) is 13.6. The highest BCUT2D eigenvalue weighted by Gasteiger charge is 2.39. The van der Waals surface area contributed by atoms with E-state index in [1.54, 1.807) is 18.7 Å². The van der Waals surface area contributed by atoms with Crippen LogP contribution < -0.4 is 10.7 Å². The predicted molar refractivity (Wildman–Crippen MR) is 155 cm³/mol. The van der Waals surface area contributed by atoms with Gasteiger partial charge in [0.05, 0.1) is 42.1 Å². The maximum Gasteiger partial charge on any atom is 0.416 e. The molecule has 246 valence electrons. The summed E-state index contributed by atoms with van der Waals surface area (Å²) >= 11 is 0. The largest absolute Gasteiger partial charge is 0.446 e. The zero-order valence-corrected chi connectivity index (χ0v) is 25.2. The van der Waals surface area contributed by atoms with E-state index in [2.05, 4.69) is 15.3 Å². The molecule has 2 aliphatic rings. The molecule has 3 N–H and O–H groups in total. The van der Waals surface area contributed by atoms with Gasteiger partial charge in [0.1, 0.15) is 0 Å². The molecule has 4 rings (SSSR count). The number of rotatable bonds is 6. The summed E-state index contributed by atoms with van der Waals surface area (Å²) in [6.45, 7) is 4.64. The molecule has 0 radical (unpaired) electrons. The van der Waals surface area contributed by atoms with Crippen molar-refractivity contribution in [2.75, 3.05) is 24.6 Å². The number of alkyl halides is 6. The number of benzene rings is 2. The molecule has 2 aromatic carbocycles. The fourth-order valence-corrected chi connectivity index (χ4v) is 6.00. The number of carbonyl (C=O) groups excluding carboxylic acids is 1. The normalized spacial score (nSPS) is 17.4. The molecule has 1 aliphatic heterocycles. The third-order valence-electron chi connectivity index (χ3n) is 7.78. The number of azo groups is 1. The summed E-state index contributed by atoms with van der Waals surface area (Å²) in [5.41, 5.74) is 0.974. The lowest BCUT2D eigenvalue weighted by Gasteiger charge is -2.34. The number of anilines is 1. The highest BCUT2D eigenvalue weighted by atomic mass is 19.4. The van der Waals surface area contributed by atoms with Crippen LogP contribution in [0.3, 0.4) is 0 Å². The fourth-order valence-electron chi connectivity index (χ4n) is 6.00. The third-order valence-corrected chi connectivity index (χ3v) is 7.78. The predicted octanol–water partition coefficient (Wildman–Crippen LogP) is 6.88. The number of hydrogen-bond acceptors (Lipinski definition) is 6. The van der Waals surface area contributed by atoms with Gasteiger partial charge in [-0.05, 0) is 98.9 Å². The Balaban J connectivity index is 1.93. The molecule has 0 unspecified atom stereocenters. The molecule has 0 aromatic heterocycles. The van der Waals surface area contributed by atoms with Gasteiger partial charge in [-0.15, -0.1) is 10.2 Å². The third kappa shape index (κ3) is 7.68. The first-order chi connectivity index (χ1) is 21.1. The van der Waals surface area contributed by atoms with Gasteiger partial charge >= 0.3 is 18.4 Å². The Morgan fingerprint density at radius 2 is 1.71 bits per heavy atom. The monoisotopic (exact) mass is 642 g/mol. The average molecular weight is 643 g/mol. The van der Waals surface area contributed by atoms with Crippen molar-refractivity contribution in [3.63, 3.8) is 0 Å². The van der Waals surface area contributed by atoms with Gasteiger partial charge in [0.25, 0.3) is 5.96 Å². The topological polar surface area (TPSA) is 116 Å². The van der Waals surface area contributed by atoms with Crippen LogP contribution in [0.5, 0.6) is 0 Å². The van der Waals surface area contributed by atoms with Crippen LogP contribution in [0.15, 0.2) is 39.6 Å². The summed E-state index contributed by atoms with van der Waals surface area (Å²) < 4.78 is 88.1. The maximum atomic E-state index is 13.8. The molecule has 1 amide bonds. The van der Waals surface area contributed by atoms with Gasteiger partial charge in [-0.1, -0.05) is 6.07 Å². The summed E-state index contributed by atoms with van der Waals surface area (Å²) in [6.07, 6.45) is -8.01. The number of aryl methyl sites for hydroxylation is 1. The average Bonchev–Trinajstić information content (AvgIpc) is 3.37. The standard InChI is InChI=1S/C30H36F6N6O3/c1-17(2)45-28(44)41-10-5-8-25(24-12-18(3)22-6-4-7-23(22)26(24)41)42(27(39-37)40-38-9-11-43)16-19-13-20(29(31,32)33)15-21(14-19)30(34,35)36/h12-15,17,25,43H,4-11,16,37H2,1-3H3/t25-/m0/s1. The molecular weight excluding hydrogens is 606 g/mol. The lowest BCUT2D eigenvalue weighted by atomic mass is 9.91. The Bertz CT molecular complexity index is 1420. The Hall–Kier alpha value is -3.88. The van der Waals surface area contributed by atoms with Crippen LogP contribution in [0.4, 0.5) is 36.8 Å². The Kier molecular flexibility index (Phi) is 10.3. The summed E-state index contributed by atoms with van der Waals surface area (Å²) in [4.78, 5) is 16.4. The molecule has 15 heteroatoms. The van der Waals surface area contributed by atoms with Gasteiger partial charge in [0.2, 0.25) is 0 Å². The van der Waals surface area contributed by atoms with E-state index in [-0.39, 0.29) is 37.3 Å². The lowest BCUT2D eigenvalue weighted by molar-refractivity contribution is -0.143. The van der Waals surface area contributed by atoms with E-state index < -0.39 is 48.3 Å². The van der Waals surface area contributed by atoms with Crippen molar-refractivity contribution in [1.29, 1.82) is 0 Å². The SMILES string of the molecule is Cc1cc2c(c3c1CCC3)N(C(=O)OC(C)C)CCC[C@@H]2N(Cc1cc(C(F)(F)F)cc(C(F)(F)F)c1)C(N=NCCO)=NN. The zero-order valence-electron chi connectivity index (χ0n) is 25.2. The van der Waals surface area contributed by atoms with Crippen molar-refractivity contribution in [3.8, 4) is 0 Å². The van der Waals surface area contributed by atoms with Crippen LogP contribution in [0.25, 0.3) is 0 Å². The number of guanidine groups is 1. The first kappa shape index (κ1) is 34.0. The van der Waals surface area contributed by atoms with Crippen LogP contribution in [-0.2, 0) is 36.5 Å². The molecule has 0 bridgehead atoms. The molecule has 0 spiro atoms. The van der Waals surface area contributed by atoms with E-state index in [0.29, 0.717) is 42.6 Å². The number of nitrogens with zero attached hydrogens (tertiary/aromatic N) is 5. The van der Waals surface area contributed by atoms with E-state index in [0.717, 1.165) is 29.5 Å². The summed E-state index contributed by atoms with van der Waals surface area (Å²) in [5, 5.41) is 20.8. The number of nitrogens with two attached hydrogens (primary N) is 1. The molecule has 1 atom stereocenters. The molecule has 0 saturated heterocycles. The summed E-state index contributed by atoms with van der Waals surface area (Å²) in [7, 11) is 0. The van der Waals surface area contributed by atoms with E-state index in [9.17, 15) is 36.2 Å². The quantitative estimate of drug-likeness (QED) is 0.0890. The molecule has 2 aromatic rings. The molecule has 1 aliphatic carbocycles. The van der Waals surface area contributed by atoms with Gasteiger partial charge in [-0.25, -0.2) is 4.79 Å². The number of carbonyl (C=O) groups is 1. The van der Waals surface area contributed by atoms with Crippen molar-refractivity contribution >= 4 is 17.7 Å². The summed E-state index contributed by atoms with van der Waals surface area (Å²) in [6, 6.07) is 2.53. The second-order valence-electron chi connectivity index (χ2n) is 11.3. The van der Waals surface area contributed by atoms with E-state index in [4.69, 9.17) is 10.6 Å². The highest BCUT2D eigenvalue weighted by molar-refractivity contribution is 5.91. The molecule has 0 saturated carbocycles. The minimum Gasteiger partial charge on any atom is -0.446 e. The number of halogens is 6. The van der Waals surface area contributed by atoms with Crippen LogP contribution in [-0.4, -0.2) is 47.9 Å². The smallest absolute Gasteiger partial charge is 0.416 e. The van der Waals surface area contributed by atoms with Gasteiger partial charge in [-0.2, -0.15) is 31.5 Å². The Morgan fingerprint density at radius 1 is 1.07 bits per heavy atom. The van der Waals surface area contributed by atoms with Crippen molar-refractivity contribution in [2.45, 2.75) is 83.9 Å². The fraction of sp³-hybridized carbons (Fsp3) is 0.533. The molecule has 0 fully saturated rings. The number of aliphatic hydroxyl groups is 1. The molecule has 1 heterocycles. The van der Waals surface area contributed by atoms with Gasteiger partial charge in [-0.3, -0.25) is 4.90 Å². The number of ether oxygens (including phenoxy) is 1. The maximum absolute atomic E-state index is 13.8. The molecular formula is C30H36F6N6O3. The van der Waals surface area contributed by atoms with Crippen molar-refractivity contribution in [1.82, 2.24) is 4.90 Å². The van der Waals surface area contributed by atoms with Gasteiger partial charge in [0, 0.05) is 13.1 Å². The number of amides is 1. The van der Waals surface area contributed by atoms with Crippen molar-refractivity contribution in [2.24, 2.45) is 21.2 Å².